The summed E-state index contributed by atoms with van der Waals surface area (Å²) in [4.78, 5) is 35.2. The molecular weight excluding hydrogens is 2580 g/mol. The second-order valence-corrected chi connectivity index (χ2v) is 77.7. The summed E-state index contributed by atoms with van der Waals surface area (Å²) in [7, 11) is 0. The average molecular weight is 2690 g/mol. The van der Waals surface area contributed by atoms with Crippen LogP contribution in [0.4, 0.5) is 0 Å². The maximum atomic E-state index is 4.70. The molecule has 0 aliphatic heterocycles. The van der Waals surface area contributed by atoms with E-state index in [-0.39, 0.29) is 80.4 Å². The Kier molecular flexibility index (Phi) is 46.8. The number of aryl methyl sites for hydroxylation is 1. The minimum Gasteiger partial charge on any atom is -0.305 e. The van der Waals surface area contributed by atoms with Crippen LogP contribution in [0.5, 0.6) is 0 Å². The third kappa shape index (κ3) is 36.4. The molecule has 0 saturated carbocycles. The summed E-state index contributed by atoms with van der Waals surface area (Å²) in [6, 6.07) is 143. The van der Waals surface area contributed by atoms with Crippen molar-refractivity contribution in [2.24, 2.45) is 5.92 Å². The van der Waals surface area contributed by atoms with Gasteiger partial charge < -0.3 is 19.9 Å². The van der Waals surface area contributed by atoms with Crippen LogP contribution < -0.4 is 17.6 Å². The maximum absolute atomic E-state index is 4.70. The van der Waals surface area contributed by atoms with Crippen molar-refractivity contribution in [1.29, 1.82) is 0 Å². The molecule has 0 N–H and O–H groups in total. The van der Waals surface area contributed by atoms with E-state index in [0.29, 0.717) is 5.92 Å². The molecule has 4 radical (unpaired) electrons. The quantitative estimate of drug-likeness (QED) is 0.0696. The number of nitrogens with zero attached hydrogens (tertiary/aromatic N) is 8. The van der Waals surface area contributed by atoms with Gasteiger partial charge in [0.15, 0.2) is 0 Å². The summed E-state index contributed by atoms with van der Waals surface area (Å²) >= 11 is -7.29. The smallest absolute Gasteiger partial charge is 0.0160 e. The summed E-state index contributed by atoms with van der Waals surface area (Å²) in [5.74, 6) is 29.6. The first-order valence-electron chi connectivity index (χ1n) is 43.8. The van der Waals surface area contributed by atoms with Gasteiger partial charge in [0.1, 0.15) is 0 Å². The molecule has 16 heteroatoms. The van der Waals surface area contributed by atoms with Crippen LogP contribution >= 0.6 is 0 Å². The van der Waals surface area contributed by atoms with Gasteiger partial charge in [0, 0.05) is 105 Å². The molecule has 0 fully saturated rings. The third-order valence-electron chi connectivity index (χ3n) is 20.5. The summed E-state index contributed by atoms with van der Waals surface area (Å²) in [6.45, 7) is 6.77. The van der Waals surface area contributed by atoms with Gasteiger partial charge in [-0.2, -0.15) is 0 Å². The predicted octanol–water partition coefficient (Wildman–Crippen LogP) is 27.4. The standard InChI is InChI=1S/2C20H20GeN.C18H24GeN.C15H18GeN.4C11H8N.4Ir/c1-21(2,3)19-12-13-22-20(15-19)18-11-7-10-17(14-18)16-8-5-4-6-9-16;1-21(2,3)19-13-14-22-20(15-19)18-11-9-17(10-12-18)16-7-5-4-6-8-16;1-14(2)11-16-12-18(15-9-7-6-8-10-15)20-13-17(16)19(3,4)5;1-12-10-15(13-8-6-5-7-9-13)17-11-14(12)16(2,3)4;4*1-2-6-10(7-3-1)11-8-4-5-9-12-11;;;;/h4-10,12-15H,1-3H3;4-11,13-15H,1-3H3;6-9,12-14H,11H2,1-5H3;5-8,10-11H,1-4H3;4*1-6,8-9H;;;;/q8*-1;;;;. The molecule has 8 aromatic heterocycles. The van der Waals surface area contributed by atoms with Crippen molar-refractivity contribution < 1.29 is 80.4 Å². The van der Waals surface area contributed by atoms with E-state index >= 15 is 0 Å². The monoisotopic (exact) mass is 2700 g/mol. The minimum atomic E-state index is -1.86. The first kappa shape index (κ1) is 110. The van der Waals surface area contributed by atoms with Gasteiger partial charge in [0.05, 0.1) is 0 Å². The van der Waals surface area contributed by atoms with Crippen molar-refractivity contribution in [2.75, 3.05) is 0 Å². The molecule has 0 saturated heterocycles. The average Bonchev–Trinajstić information content (AvgIpc) is 0.432. The molecule has 0 bridgehead atoms. The van der Waals surface area contributed by atoms with E-state index in [2.05, 4.69) is 313 Å². The van der Waals surface area contributed by atoms with E-state index in [0.717, 1.165) is 96.5 Å². The van der Waals surface area contributed by atoms with E-state index in [9.17, 15) is 0 Å². The summed E-state index contributed by atoms with van der Waals surface area (Å²) in [5, 5.41) is 0. The summed E-state index contributed by atoms with van der Waals surface area (Å²) in [6.07, 6.45) is 16.4. The molecule has 0 aliphatic rings. The molecule has 8 heterocycles. The molecule has 18 rings (SSSR count). The van der Waals surface area contributed by atoms with Crippen molar-refractivity contribution in [3.63, 3.8) is 0 Å². The normalized spacial score (nSPS) is 10.5. The Balaban J connectivity index is 0.000000209. The van der Waals surface area contributed by atoms with Crippen LogP contribution in [-0.4, -0.2) is 92.9 Å². The number of aromatic nitrogens is 8. The Hall–Kier alpha value is -9.83. The van der Waals surface area contributed by atoms with E-state index in [4.69, 9.17) is 4.98 Å². The second kappa shape index (κ2) is 56.5. The number of rotatable bonds is 16. The number of hydrogen-bond acceptors (Lipinski definition) is 8. The van der Waals surface area contributed by atoms with Crippen LogP contribution in [0.2, 0.25) is 69.1 Å². The Labute approximate surface area is 857 Å². The Morgan fingerprint density at radius 1 is 0.233 bits per heavy atom. The zero-order chi connectivity index (χ0) is 91.3. The molecule has 0 spiro atoms. The number of pyridine rings is 8. The zero-order valence-electron chi connectivity index (χ0n) is 78.3. The van der Waals surface area contributed by atoms with Crippen molar-refractivity contribution in [3.8, 4) is 112 Å². The van der Waals surface area contributed by atoms with E-state index in [1.807, 2.05) is 237 Å². The van der Waals surface area contributed by atoms with E-state index < -0.39 is 53.1 Å². The molecule has 682 valence electrons. The molecule has 18 aromatic rings. The first-order valence-corrected chi connectivity index (χ1v) is 73.2. The van der Waals surface area contributed by atoms with Crippen LogP contribution in [0.3, 0.4) is 0 Å². The van der Waals surface area contributed by atoms with Crippen molar-refractivity contribution in [2.45, 2.75) is 96.3 Å². The first-order chi connectivity index (χ1) is 62.3. The van der Waals surface area contributed by atoms with Gasteiger partial charge >= 0.3 is 502 Å². The summed E-state index contributed by atoms with van der Waals surface area (Å²) in [5.41, 5.74) is 24.2. The Morgan fingerprint density at radius 3 is 0.857 bits per heavy atom. The van der Waals surface area contributed by atoms with Gasteiger partial charge in [-0.05, 0) is 47.0 Å². The van der Waals surface area contributed by atoms with Gasteiger partial charge in [0.25, 0.3) is 0 Å². The number of benzene rings is 10. The molecular formula is C117H114Ge4Ir4N8-8. The van der Waals surface area contributed by atoms with Crippen LogP contribution in [0.1, 0.15) is 25.0 Å². The molecule has 133 heavy (non-hydrogen) atoms. The Morgan fingerprint density at radius 2 is 0.541 bits per heavy atom. The van der Waals surface area contributed by atoms with Crippen LogP contribution in [0.15, 0.2) is 401 Å². The molecule has 0 atom stereocenters. The topological polar surface area (TPSA) is 103 Å². The second-order valence-electron chi connectivity index (χ2n) is 35.3. The fourth-order valence-corrected chi connectivity index (χ4v) is 25.4. The van der Waals surface area contributed by atoms with Crippen LogP contribution in [0, 0.1) is 61.4 Å². The predicted molar refractivity (Wildman–Crippen MR) is 554 cm³/mol. The maximum Gasteiger partial charge on any atom is 0.0160 e. The van der Waals surface area contributed by atoms with Crippen LogP contribution in [-0.2, 0) is 86.8 Å². The van der Waals surface area contributed by atoms with Crippen molar-refractivity contribution >= 4 is 70.6 Å². The van der Waals surface area contributed by atoms with Gasteiger partial charge in [-0.25, -0.2) is 0 Å². The molecule has 0 unspecified atom stereocenters. The number of hydrogen-bond donors (Lipinski definition) is 0. The molecule has 0 amide bonds. The molecule has 10 aromatic carbocycles. The third-order valence-corrected chi connectivity index (χ3v) is 37.9. The van der Waals surface area contributed by atoms with Gasteiger partial charge in [-0.1, -0.05) is 48.5 Å². The molecule has 8 nitrogen and oxygen atoms in total. The fourth-order valence-electron chi connectivity index (χ4n) is 13.7. The van der Waals surface area contributed by atoms with Gasteiger partial charge in [0.2, 0.25) is 0 Å². The summed E-state index contributed by atoms with van der Waals surface area (Å²) < 4.78 is 5.98. The van der Waals surface area contributed by atoms with Gasteiger partial charge in [-0.3, -0.25) is 0 Å². The van der Waals surface area contributed by atoms with Crippen molar-refractivity contribution in [1.82, 2.24) is 39.9 Å². The van der Waals surface area contributed by atoms with Crippen molar-refractivity contribution in [3.05, 3.63) is 461 Å². The van der Waals surface area contributed by atoms with E-state index in [1.165, 1.54) is 46.6 Å². The van der Waals surface area contributed by atoms with Gasteiger partial charge in [-0.15, -0.1) is 144 Å². The zero-order valence-corrected chi connectivity index (χ0v) is 96.3. The fraction of sp³-hybridized carbons (Fsp3) is 0.145. The Bertz CT molecular complexity index is 5850. The largest absolute Gasteiger partial charge is 0.305 e. The van der Waals surface area contributed by atoms with E-state index in [1.54, 1.807) is 29.2 Å². The SMILES string of the molecule is CC(C)Cc1cc(-c2[c-]cccc2)nc[c]1[Ge]([CH3])([CH3])[CH3].Cc1cc(-c2[c-]cccc2)nc[c]1[Ge]([CH3])([CH3])[CH3].[CH3][Ge]([CH3])([CH3])[c]1ccnc(-c2[c-]cc(-c3ccccc3)cc2)c1.[CH3][Ge]([CH3])([CH3])[c]1ccnc(-c2[c-]ccc(-c3ccccc3)c2)c1.[Ir].[Ir].[Ir].[Ir].[c-]1ccccc1-c1ccccn1.[c-]1ccccc1-c1ccccn1.[c-]1ccccc1-c1ccccn1.[c-]1ccccc1-c1ccccn1. The minimum absolute atomic E-state index is 0. The molecule has 0 aliphatic carbocycles. The van der Waals surface area contributed by atoms with Crippen LogP contribution in [0.25, 0.3) is 112 Å².